The third-order valence-corrected chi connectivity index (χ3v) is 13.4. The van der Waals surface area contributed by atoms with E-state index < -0.39 is 42.8 Å². The molecule has 16 nitrogen and oxygen atoms in total. The molecule has 0 unspecified atom stereocenters. The second-order valence-electron chi connectivity index (χ2n) is 15.4. The molecule has 0 radical (unpaired) electrons. The molecule has 0 aliphatic carbocycles. The minimum absolute atomic E-state index is 0. The molecule has 334 valence electrons. The van der Waals surface area contributed by atoms with Crippen molar-refractivity contribution in [2.45, 2.75) is 74.0 Å². The number of hydrogen-bond acceptors (Lipinski definition) is 16. The average Bonchev–Trinajstić information content (AvgIpc) is 3.55. The van der Waals surface area contributed by atoms with Gasteiger partial charge in [-0.15, -0.1) is 0 Å². The Morgan fingerprint density at radius 3 is 2.20 bits per heavy atom. The molecule has 65 heavy (non-hydrogen) atoms. The molecule has 0 saturated heterocycles. The predicted octanol–water partition coefficient (Wildman–Crippen LogP) is -3.24. The number of carbonyl (C=O) groups is 1. The van der Waals surface area contributed by atoms with Gasteiger partial charge < -0.3 is 29.6 Å². The third-order valence-electron chi connectivity index (χ3n) is 10.6. The number of aromatic carboxylic acids is 1. The van der Waals surface area contributed by atoms with Crippen LogP contribution in [0.2, 0.25) is 0 Å². The van der Waals surface area contributed by atoms with Crippen molar-refractivity contribution in [1.29, 1.82) is 0 Å². The maximum Gasteiger partial charge on any atom is 1.00 e. The van der Waals surface area contributed by atoms with E-state index in [4.69, 9.17) is 0 Å². The summed E-state index contributed by atoms with van der Waals surface area (Å²) in [5.74, 6) is -1.12. The fourth-order valence-electron chi connectivity index (χ4n) is 7.65. The fraction of sp³-hybridized carbons (Fsp3) is 0.333. The van der Waals surface area contributed by atoms with Gasteiger partial charge in [-0.3, -0.25) is 10.1 Å². The van der Waals surface area contributed by atoms with E-state index in [0.717, 1.165) is 52.4 Å². The summed E-state index contributed by atoms with van der Waals surface area (Å²) in [4.78, 5) is 14.3. The molecular formula is C42H45N2Na3O14S4. The summed E-state index contributed by atoms with van der Waals surface area (Å²) in [6, 6.07) is 16.3. The topological polar surface area (TPSA) is 241 Å². The Labute approximate surface area is 454 Å². The number of hydrogen-bond donors (Lipinski definition) is 1. The molecule has 0 aromatic heterocycles. The smallest absolute Gasteiger partial charge is 0.748 e. The van der Waals surface area contributed by atoms with Crippen molar-refractivity contribution < 1.29 is 158 Å². The summed E-state index contributed by atoms with van der Waals surface area (Å²) < 4.78 is 81.1. The van der Waals surface area contributed by atoms with E-state index in [1.807, 2.05) is 85.8 Å². The summed E-state index contributed by atoms with van der Waals surface area (Å²) >= 11 is 1.63. The molecule has 2 heterocycles. The molecule has 3 aromatic carbocycles. The van der Waals surface area contributed by atoms with E-state index in [1.54, 1.807) is 30.3 Å². The Morgan fingerprint density at radius 2 is 1.54 bits per heavy atom. The maximum absolute atomic E-state index is 12.0. The van der Waals surface area contributed by atoms with Crippen molar-refractivity contribution in [3.63, 3.8) is 0 Å². The number of unbranched alkanes of at least 4 members (excludes halogenated alkanes) is 2. The molecule has 0 atom stereocenters. The quantitative estimate of drug-likeness (QED) is 0.0152. The molecule has 0 fully saturated rings. The Balaban J connectivity index is 0.00000484. The van der Waals surface area contributed by atoms with Crippen LogP contribution in [0.25, 0.3) is 5.57 Å². The van der Waals surface area contributed by atoms with Gasteiger partial charge in [0.1, 0.15) is 16.7 Å². The Hall–Kier alpha value is -1.16. The summed E-state index contributed by atoms with van der Waals surface area (Å²) in [6.07, 6.45) is 13.0. The SMILES string of the molecule is CC1(C)C(/C=C/C=C(/C=C/C=C2/N(CCCCSOO[O-])c3ccc(S(=O)(=O)[O-])cc3C2(C)C)c2cccc(C(=O)O)c2)=[N+](CCCCS(=O)(=O)[O-])c2ccc(SOO[O-])cc21.[Na+].[Na+].[Na+]. The third kappa shape index (κ3) is 15.9. The number of anilines is 1. The number of allylic oxidation sites excluding steroid dienone is 8. The first kappa shape index (κ1) is 60.0. The summed E-state index contributed by atoms with van der Waals surface area (Å²) in [6.45, 7) is 8.76. The summed E-state index contributed by atoms with van der Waals surface area (Å²) in [7, 11) is -9.13. The van der Waals surface area contributed by atoms with Crippen LogP contribution in [0.1, 0.15) is 80.4 Å². The van der Waals surface area contributed by atoms with E-state index in [1.165, 1.54) is 18.2 Å². The van der Waals surface area contributed by atoms with Gasteiger partial charge in [-0.1, -0.05) is 50.3 Å². The first-order chi connectivity index (χ1) is 29.3. The molecule has 0 spiro atoms. The van der Waals surface area contributed by atoms with Gasteiger partial charge in [0.2, 0.25) is 5.69 Å². The molecule has 2 aliphatic heterocycles. The second-order valence-corrected chi connectivity index (χ2v) is 19.8. The zero-order valence-electron chi connectivity index (χ0n) is 37.2. The maximum atomic E-state index is 12.0. The van der Waals surface area contributed by atoms with Gasteiger partial charge in [0.05, 0.1) is 38.0 Å². The number of nitrogens with zero attached hydrogens (tertiary/aromatic N) is 2. The molecule has 0 saturated carbocycles. The standard InChI is InChI=1S/C42H48N2O14S4.3Na/c1-41(2)34-27-32(60-58-56-48)18-20-36(34)44(23-6-8-25-61(49,50)51)38(41)16-10-12-29(30-14-9-15-31(26-30)40(45)46)13-11-17-39-42(3,4)35-28-33(62(52,53)54)19-21-37(35)43(39)22-5-7-24-59-57-55-47;;;/h9-21,26-28H,5-8,22-25H2,1-4H3,(H4-,45,46,47,48,49,50,51,52,53,54);;;/q;3*+1/p-3. The number of carboxylic acids is 1. The van der Waals surface area contributed by atoms with Crippen LogP contribution in [0, 0.1) is 0 Å². The summed E-state index contributed by atoms with van der Waals surface area (Å²) in [5.41, 5.74) is 4.69. The van der Waals surface area contributed by atoms with Crippen molar-refractivity contribution in [3.05, 3.63) is 125 Å². The van der Waals surface area contributed by atoms with Crippen LogP contribution in [0.4, 0.5) is 11.4 Å². The van der Waals surface area contributed by atoms with Crippen LogP contribution in [0.5, 0.6) is 0 Å². The van der Waals surface area contributed by atoms with Crippen LogP contribution < -0.4 is 104 Å². The zero-order chi connectivity index (χ0) is 45.3. The van der Waals surface area contributed by atoms with E-state index in [2.05, 4.69) is 18.7 Å². The van der Waals surface area contributed by atoms with Crippen molar-refractivity contribution in [1.82, 2.24) is 0 Å². The van der Waals surface area contributed by atoms with Crippen LogP contribution in [-0.2, 0) is 49.8 Å². The zero-order valence-corrected chi connectivity index (χ0v) is 46.4. The van der Waals surface area contributed by atoms with Crippen molar-refractivity contribution >= 4 is 73.0 Å². The molecule has 2 aliphatic rings. The largest absolute Gasteiger partial charge is 1.00 e. The molecule has 1 N–H and O–H groups in total. The first-order valence-electron chi connectivity index (χ1n) is 19.2. The molecular weight excluding hydrogens is 954 g/mol. The average molecular weight is 999 g/mol. The molecule has 23 heteroatoms. The molecule has 0 amide bonds. The minimum Gasteiger partial charge on any atom is -0.748 e. The van der Waals surface area contributed by atoms with Crippen molar-refractivity contribution in [2.24, 2.45) is 0 Å². The minimum atomic E-state index is -4.74. The number of rotatable bonds is 22. The van der Waals surface area contributed by atoms with E-state index >= 15 is 0 Å². The van der Waals surface area contributed by atoms with E-state index in [0.29, 0.717) is 59.7 Å². The van der Waals surface area contributed by atoms with Crippen molar-refractivity contribution in [3.8, 4) is 0 Å². The van der Waals surface area contributed by atoms with Gasteiger partial charge in [-0.05, 0) is 98.4 Å². The van der Waals surface area contributed by atoms with Gasteiger partial charge in [0, 0.05) is 75.9 Å². The Bertz CT molecular complexity index is 2530. The predicted molar refractivity (Wildman–Crippen MR) is 227 cm³/mol. The van der Waals surface area contributed by atoms with Crippen molar-refractivity contribution in [2.75, 3.05) is 29.5 Å². The fourth-order valence-corrected chi connectivity index (χ4v) is 9.53. The van der Waals surface area contributed by atoms with Crippen LogP contribution in [0.15, 0.2) is 113 Å². The Morgan fingerprint density at radius 1 is 0.831 bits per heavy atom. The number of carboxylic acid groups (broad SMARTS) is 1. The van der Waals surface area contributed by atoms with Crippen LogP contribution in [-0.4, -0.2) is 71.9 Å². The van der Waals surface area contributed by atoms with E-state index in [9.17, 15) is 46.4 Å². The van der Waals surface area contributed by atoms with Crippen LogP contribution in [0.3, 0.4) is 0 Å². The van der Waals surface area contributed by atoms with Crippen LogP contribution >= 0.6 is 24.1 Å². The van der Waals surface area contributed by atoms with Gasteiger partial charge in [-0.25, -0.2) is 21.6 Å². The van der Waals surface area contributed by atoms with Gasteiger partial charge >= 0.3 is 94.6 Å². The molecule has 3 aromatic rings. The number of fused-ring (bicyclic) bond motifs is 2. The normalized spacial score (nSPS) is 16.1. The Kier molecular flexibility index (Phi) is 24.6. The van der Waals surface area contributed by atoms with Gasteiger partial charge in [0.25, 0.3) is 0 Å². The second kappa shape index (κ2) is 26.7. The molecule has 5 rings (SSSR count). The summed E-state index contributed by atoms with van der Waals surface area (Å²) in [5, 5.41) is 37.5. The monoisotopic (exact) mass is 998 g/mol. The van der Waals surface area contributed by atoms with E-state index in [-0.39, 0.29) is 106 Å². The number of benzene rings is 3. The van der Waals surface area contributed by atoms with Gasteiger partial charge in [-0.2, -0.15) is 13.2 Å². The van der Waals surface area contributed by atoms with Gasteiger partial charge in [0.15, 0.2) is 5.71 Å². The first-order valence-corrected chi connectivity index (χ1v) is 23.9. The molecule has 0 bridgehead atoms.